The highest BCUT2D eigenvalue weighted by atomic mass is 15.1. The molecule has 0 radical (unpaired) electrons. The second-order valence-corrected chi connectivity index (χ2v) is 11.5. The molecule has 186 valence electrons. The van der Waals surface area contributed by atoms with Crippen LogP contribution in [0.5, 0.6) is 0 Å². The lowest BCUT2D eigenvalue weighted by molar-refractivity contribution is 0.657. The second kappa shape index (κ2) is 8.74. The zero-order valence-corrected chi connectivity index (χ0v) is 22.4. The quantitative estimate of drug-likeness (QED) is 0.242. The van der Waals surface area contributed by atoms with Crippen molar-refractivity contribution in [3.63, 3.8) is 0 Å². The van der Waals surface area contributed by atoms with Crippen molar-refractivity contribution in [2.24, 2.45) is 0 Å². The average Bonchev–Trinajstić information content (AvgIpc) is 3.40. The van der Waals surface area contributed by atoms with E-state index in [1.165, 1.54) is 62.4 Å². The van der Waals surface area contributed by atoms with Crippen LogP contribution in [-0.4, -0.2) is 0 Å². The van der Waals surface area contributed by atoms with Crippen LogP contribution in [0.15, 0.2) is 121 Å². The minimum Gasteiger partial charge on any atom is -0.310 e. The summed E-state index contributed by atoms with van der Waals surface area (Å²) >= 11 is 0. The molecule has 0 saturated carbocycles. The topological polar surface area (TPSA) is 3.24 Å². The van der Waals surface area contributed by atoms with E-state index in [2.05, 4.69) is 147 Å². The molecule has 7 rings (SSSR count). The van der Waals surface area contributed by atoms with Crippen molar-refractivity contribution in [3.8, 4) is 11.1 Å². The number of anilines is 3. The highest BCUT2D eigenvalue weighted by Gasteiger charge is 2.39. The van der Waals surface area contributed by atoms with Gasteiger partial charge in [-0.15, -0.1) is 0 Å². The Morgan fingerprint density at radius 1 is 0.579 bits per heavy atom. The summed E-state index contributed by atoms with van der Waals surface area (Å²) < 4.78 is 0. The molecule has 2 aliphatic rings. The van der Waals surface area contributed by atoms with E-state index in [0.717, 1.165) is 0 Å². The molecule has 1 nitrogen and oxygen atoms in total. The van der Waals surface area contributed by atoms with Gasteiger partial charge in [-0.1, -0.05) is 106 Å². The van der Waals surface area contributed by atoms with Crippen LogP contribution in [0.2, 0.25) is 0 Å². The number of hydrogen-bond donors (Lipinski definition) is 0. The van der Waals surface area contributed by atoms with Crippen molar-refractivity contribution in [2.45, 2.75) is 44.4 Å². The fourth-order valence-corrected chi connectivity index (χ4v) is 6.88. The van der Waals surface area contributed by atoms with Crippen molar-refractivity contribution in [1.82, 2.24) is 0 Å². The zero-order valence-electron chi connectivity index (χ0n) is 22.4. The van der Waals surface area contributed by atoms with Gasteiger partial charge in [0.1, 0.15) is 0 Å². The van der Waals surface area contributed by atoms with E-state index in [1.807, 2.05) is 0 Å². The molecule has 0 saturated heterocycles. The van der Waals surface area contributed by atoms with Crippen LogP contribution in [0, 0.1) is 0 Å². The molecule has 5 aromatic carbocycles. The molecule has 0 N–H and O–H groups in total. The Kier molecular flexibility index (Phi) is 5.30. The lowest BCUT2D eigenvalue weighted by Crippen LogP contribution is -2.17. The third kappa shape index (κ3) is 3.53. The van der Waals surface area contributed by atoms with Crippen molar-refractivity contribution >= 4 is 17.1 Å². The number of benzene rings is 5. The van der Waals surface area contributed by atoms with Crippen LogP contribution in [0.1, 0.15) is 66.8 Å². The summed E-state index contributed by atoms with van der Waals surface area (Å²) in [4.78, 5) is 2.37. The first-order valence-electron chi connectivity index (χ1n) is 13.8. The molecule has 0 fully saturated rings. The second-order valence-electron chi connectivity index (χ2n) is 11.5. The first-order chi connectivity index (χ1) is 18.5. The first-order valence-corrected chi connectivity index (χ1v) is 13.8. The Morgan fingerprint density at radius 3 is 1.79 bits per heavy atom. The van der Waals surface area contributed by atoms with Gasteiger partial charge in [0, 0.05) is 28.4 Å². The van der Waals surface area contributed by atoms with Gasteiger partial charge in [0.15, 0.2) is 0 Å². The fraction of sp³-hybridized carbons (Fsp3) is 0.189. The van der Waals surface area contributed by atoms with E-state index < -0.39 is 0 Å². The number of rotatable bonds is 4. The molecule has 0 bridgehead atoms. The monoisotopic (exact) mass is 491 g/mol. The van der Waals surface area contributed by atoms with Crippen molar-refractivity contribution in [3.05, 3.63) is 149 Å². The Hall–Kier alpha value is -4.10. The van der Waals surface area contributed by atoms with Gasteiger partial charge >= 0.3 is 0 Å². The summed E-state index contributed by atoms with van der Waals surface area (Å²) in [6, 6.07) is 44.6. The maximum Gasteiger partial charge on any atom is 0.0465 e. The zero-order chi connectivity index (χ0) is 25.9. The predicted octanol–water partition coefficient (Wildman–Crippen LogP) is 10.1. The lowest BCUT2D eigenvalue weighted by Gasteiger charge is -2.28. The molecule has 0 spiro atoms. The molecular formula is C37H33N. The van der Waals surface area contributed by atoms with Gasteiger partial charge in [-0.2, -0.15) is 0 Å². The lowest BCUT2D eigenvalue weighted by atomic mass is 9.80. The van der Waals surface area contributed by atoms with Gasteiger partial charge in [0.25, 0.3) is 0 Å². The number of nitrogens with zero attached hydrogens (tertiary/aromatic N) is 1. The van der Waals surface area contributed by atoms with Gasteiger partial charge in [0.05, 0.1) is 0 Å². The molecule has 38 heavy (non-hydrogen) atoms. The fourth-order valence-electron chi connectivity index (χ4n) is 6.88. The SMILES string of the molecule is CC1CC(c2ccccc2)c2cc3c(cc21)-c1ccc(N(c2ccccc2)c2ccccc2)cc1C3(C)C. The first kappa shape index (κ1) is 23.0. The molecule has 5 aromatic rings. The minimum absolute atomic E-state index is 0.0676. The van der Waals surface area contributed by atoms with Crippen LogP contribution in [0.3, 0.4) is 0 Å². The van der Waals surface area contributed by atoms with E-state index in [1.54, 1.807) is 0 Å². The Balaban J connectivity index is 1.36. The summed E-state index contributed by atoms with van der Waals surface area (Å²) in [6.07, 6.45) is 1.19. The van der Waals surface area contributed by atoms with Gasteiger partial charge in [-0.3, -0.25) is 0 Å². The Labute approximate surface area is 226 Å². The molecule has 0 aromatic heterocycles. The predicted molar refractivity (Wildman–Crippen MR) is 160 cm³/mol. The molecule has 0 heterocycles. The van der Waals surface area contributed by atoms with Crippen LogP contribution >= 0.6 is 0 Å². The van der Waals surface area contributed by atoms with Crippen molar-refractivity contribution < 1.29 is 0 Å². The molecule has 0 amide bonds. The van der Waals surface area contributed by atoms with E-state index >= 15 is 0 Å². The van der Waals surface area contributed by atoms with Crippen molar-refractivity contribution in [1.29, 1.82) is 0 Å². The summed E-state index contributed by atoms with van der Waals surface area (Å²) in [7, 11) is 0. The summed E-state index contributed by atoms with van der Waals surface area (Å²) in [5.74, 6) is 1.05. The Bertz CT molecular complexity index is 1580. The third-order valence-electron chi connectivity index (χ3n) is 8.85. The molecule has 2 aliphatic carbocycles. The summed E-state index contributed by atoms with van der Waals surface area (Å²) in [5, 5.41) is 0. The van der Waals surface area contributed by atoms with Crippen LogP contribution < -0.4 is 4.90 Å². The number of para-hydroxylation sites is 2. The number of hydrogen-bond acceptors (Lipinski definition) is 1. The number of fused-ring (bicyclic) bond motifs is 4. The van der Waals surface area contributed by atoms with Gasteiger partial charge in [-0.05, 0) is 87.7 Å². The third-order valence-corrected chi connectivity index (χ3v) is 8.85. The van der Waals surface area contributed by atoms with Gasteiger partial charge in [-0.25, -0.2) is 0 Å². The summed E-state index contributed by atoms with van der Waals surface area (Å²) in [6.45, 7) is 7.20. The molecule has 0 aliphatic heterocycles. The molecule has 2 atom stereocenters. The minimum atomic E-state index is -0.0676. The maximum atomic E-state index is 2.55. The van der Waals surface area contributed by atoms with Crippen LogP contribution in [0.4, 0.5) is 17.1 Å². The maximum absolute atomic E-state index is 2.55. The van der Waals surface area contributed by atoms with Gasteiger partial charge < -0.3 is 4.90 Å². The van der Waals surface area contributed by atoms with E-state index in [9.17, 15) is 0 Å². The largest absolute Gasteiger partial charge is 0.310 e. The molecular weight excluding hydrogens is 458 g/mol. The Morgan fingerprint density at radius 2 is 1.16 bits per heavy atom. The van der Waals surface area contributed by atoms with E-state index in [0.29, 0.717) is 11.8 Å². The van der Waals surface area contributed by atoms with E-state index in [-0.39, 0.29) is 5.41 Å². The molecule has 2 unspecified atom stereocenters. The van der Waals surface area contributed by atoms with Crippen LogP contribution in [0.25, 0.3) is 11.1 Å². The summed E-state index contributed by atoms with van der Waals surface area (Å²) in [5.41, 5.74) is 13.6. The van der Waals surface area contributed by atoms with E-state index in [4.69, 9.17) is 0 Å². The van der Waals surface area contributed by atoms with Gasteiger partial charge in [0.2, 0.25) is 0 Å². The van der Waals surface area contributed by atoms with Crippen molar-refractivity contribution in [2.75, 3.05) is 4.90 Å². The van der Waals surface area contributed by atoms with Crippen LogP contribution in [-0.2, 0) is 5.41 Å². The average molecular weight is 492 g/mol. The highest BCUT2D eigenvalue weighted by molar-refractivity contribution is 5.86. The molecule has 1 heteroatoms. The highest BCUT2D eigenvalue weighted by Crippen LogP contribution is 2.55. The normalized spacial score (nSPS) is 18.5. The standard InChI is InChI=1S/C37H33N/c1-25-21-32(26-13-7-4-8-14-26)33-24-36-34(23-31(25)33)30-20-19-29(22-35(30)37(36,2)3)38(27-15-9-5-10-16-27)28-17-11-6-12-18-28/h4-20,22-25,32H,21H2,1-3H3. The smallest absolute Gasteiger partial charge is 0.0465 e.